The van der Waals surface area contributed by atoms with Crippen LogP contribution in [0.25, 0.3) is 0 Å². The van der Waals surface area contributed by atoms with Crippen molar-refractivity contribution in [3.63, 3.8) is 0 Å². The molecule has 2 aromatic rings. The van der Waals surface area contributed by atoms with E-state index in [9.17, 15) is 9.59 Å². The minimum atomic E-state index is -0.569. The number of carbonyl (C=O) groups is 2. The standard InChI is InChI=1S/C19H20O6/c1-3-23-19(21)16-6-4-5-7-17(16)25-18(20)14-8-10-15(11-9-14)24-13-12-22-2/h4-11H,3,12-13H2,1-2H3. The van der Waals surface area contributed by atoms with Crippen molar-refractivity contribution < 1.29 is 28.5 Å². The van der Waals surface area contributed by atoms with E-state index in [1.165, 1.54) is 0 Å². The zero-order valence-corrected chi connectivity index (χ0v) is 14.2. The minimum absolute atomic E-state index is 0.159. The van der Waals surface area contributed by atoms with Crippen LogP contribution in [0.2, 0.25) is 0 Å². The first-order chi connectivity index (χ1) is 12.2. The Bertz CT molecular complexity index is 708. The molecule has 6 nitrogen and oxygen atoms in total. The van der Waals surface area contributed by atoms with Crippen LogP contribution in [-0.2, 0) is 9.47 Å². The molecule has 0 N–H and O–H groups in total. The molecule has 25 heavy (non-hydrogen) atoms. The Balaban J connectivity index is 2.06. The maximum absolute atomic E-state index is 12.3. The second-order valence-electron chi connectivity index (χ2n) is 4.97. The van der Waals surface area contributed by atoms with E-state index in [0.29, 0.717) is 24.5 Å². The van der Waals surface area contributed by atoms with Crippen molar-refractivity contribution in [2.24, 2.45) is 0 Å². The van der Waals surface area contributed by atoms with Crippen LogP contribution in [0, 0.1) is 0 Å². The van der Waals surface area contributed by atoms with Crippen molar-refractivity contribution in [1.29, 1.82) is 0 Å². The number of benzene rings is 2. The zero-order valence-electron chi connectivity index (χ0n) is 14.2. The third-order valence-corrected chi connectivity index (χ3v) is 3.23. The number of methoxy groups -OCH3 is 1. The molecular formula is C19H20O6. The number of hydrogen-bond acceptors (Lipinski definition) is 6. The van der Waals surface area contributed by atoms with Gasteiger partial charge in [0.15, 0.2) is 0 Å². The van der Waals surface area contributed by atoms with Gasteiger partial charge in [-0.3, -0.25) is 0 Å². The van der Waals surface area contributed by atoms with Crippen molar-refractivity contribution in [1.82, 2.24) is 0 Å². The van der Waals surface area contributed by atoms with E-state index < -0.39 is 11.9 Å². The van der Waals surface area contributed by atoms with Crippen LogP contribution in [0.1, 0.15) is 27.6 Å². The molecule has 0 atom stereocenters. The minimum Gasteiger partial charge on any atom is -0.491 e. The van der Waals surface area contributed by atoms with E-state index in [1.807, 2.05) is 0 Å². The van der Waals surface area contributed by atoms with Crippen LogP contribution < -0.4 is 9.47 Å². The molecule has 0 spiro atoms. The Hall–Kier alpha value is -2.86. The summed E-state index contributed by atoms with van der Waals surface area (Å²) in [7, 11) is 1.59. The zero-order chi connectivity index (χ0) is 18.1. The molecule has 0 heterocycles. The largest absolute Gasteiger partial charge is 0.491 e. The second kappa shape index (κ2) is 9.44. The number of rotatable bonds is 8. The molecule has 0 bridgehead atoms. The van der Waals surface area contributed by atoms with Crippen LogP contribution >= 0.6 is 0 Å². The SMILES string of the molecule is CCOC(=O)c1ccccc1OC(=O)c1ccc(OCCOC)cc1. The second-order valence-corrected chi connectivity index (χ2v) is 4.97. The van der Waals surface area contributed by atoms with Gasteiger partial charge in [0, 0.05) is 7.11 Å². The van der Waals surface area contributed by atoms with Gasteiger partial charge < -0.3 is 18.9 Å². The number of para-hydroxylation sites is 1. The molecular weight excluding hydrogens is 324 g/mol. The number of hydrogen-bond donors (Lipinski definition) is 0. The van der Waals surface area contributed by atoms with Gasteiger partial charge in [-0.2, -0.15) is 0 Å². The van der Waals surface area contributed by atoms with Gasteiger partial charge in [0.05, 0.1) is 18.8 Å². The highest BCUT2D eigenvalue weighted by Crippen LogP contribution is 2.21. The summed E-state index contributed by atoms with van der Waals surface area (Å²) < 4.78 is 20.6. The van der Waals surface area contributed by atoms with Crippen molar-refractivity contribution in [2.45, 2.75) is 6.92 Å². The molecule has 2 aromatic carbocycles. The first kappa shape index (κ1) is 18.5. The summed E-state index contributed by atoms with van der Waals surface area (Å²) >= 11 is 0. The Morgan fingerprint density at radius 2 is 1.64 bits per heavy atom. The molecule has 6 heteroatoms. The summed E-state index contributed by atoms with van der Waals surface area (Å²) in [6.07, 6.45) is 0. The predicted molar refractivity (Wildman–Crippen MR) is 91.2 cm³/mol. The summed E-state index contributed by atoms with van der Waals surface area (Å²) in [5, 5.41) is 0. The normalized spacial score (nSPS) is 10.2. The first-order valence-electron chi connectivity index (χ1n) is 7.85. The highest BCUT2D eigenvalue weighted by atomic mass is 16.5. The van der Waals surface area contributed by atoms with Gasteiger partial charge in [-0.05, 0) is 43.3 Å². The molecule has 0 fully saturated rings. The van der Waals surface area contributed by atoms with Gasteiger partial charge in [0.25, 0.3) is 0 Å². The molecule has 0 amide bonds. The van der Waals surface area contributed by atoms with Gasteiger partial charge in [0.2, 0.25) is 0 Å². The van der Waals surface area contributed by atoms with Crippen LogP contribution in [0.3, 0.4) is 0 Å². The van der Waals surface area contributed by atoms with Crippen molar-refractivity contribution in [3.05, 3.63) is 59.7 Å². The lowest BCUT2D eigenvalue weighted by atomic mass is 10.2. The molecule has 0 radical (unpaired) electrons. The molecule has 2 rings (SSSR count). The van der Waals surface area contributed by atoms with Crippen molar-refractivity contribution in [2.75, 3.05) is 26.9 Å². The number of esters is 2. The van der Waals surface area contributed by atoms with E-state index in [0.717, 1.165) is 0 Å². The van der Waals surface area contributed by atoms with E-state index in [1.54, 1.807) is 62.6 Å². The summed E-state index contributed by atoms with van der Waals surface area (Å²) in [6.45, 7) is 2.86. The average molecular weight is 344 g/mol. The van der Waals surface area contributed by atoms with Gasteiger partial charge in [-0.25, -0.2) is 9.59 Å². The molecule has 0 aromatic heterocycles. The lowest BCUT2D eigenvalue weighted by Crippen LogP contribution is -2.13. The quantitative estimate of drug-likeness (QED) is 0.416. The monoisotopic (exact) mass is 344 g/mol. The van der Waals surface area contributed by atoms with Gasteiger partial charge in [-0.15, -0.1) is 0 Å². The smallest absolute Gasteiger partial charge is 0.343 e. The highest BCUT2D eigenvalue weighted by molar-refractivity contribution is 5.96. The molecule has 132 valence electrons. The molecule has 0 saturated carbocycles. The summed E-state index contributed by atoms with van der Waals surface area (Å²) in [6, 6.07) is 13.0. The van der Waals surface area contributed by atoms with Gasteiger partial charge in [0.1, 0.15) is 23.7 Å². The van der Waals surface area contributed by atoms with Gasteiger partial charge >= 0.3 is 11.9 Å². The Morgan fingerprint density at radius 1 is 0.920 bits per heavy atom. The Morgan fingerprint density at radius 3 is 2.32 bits per heavy atom. The lowest BCUT2D eigenvalue weighted by molar-refractivity contribution is 0.0520. The van der Waals surface area contributed by atoms with Crippen LogP contribution in [0.4, 0.5) is 0 Å². The van der Waals surface area contributed by atoms with Crippen LogP contribution in [0.5, 0.6) is 11.5 Å². The average Bonchev–Trinajstić information content (AvgIpc) is 2.63. The Labute approximate surface area is 146 Å². The molecule has 0 aliphatic rings. The van der Waals surface area contributed by atoms with Gasteiger partial charge in [-0.1, -0.05) is 12.1 Å². The van der Waals surface area contributed by atoms with E-state index in [4.69, 9.17) is 18.9 Å². The third-order valence-electron chi connectivity index (χ3n) is 3.23. The highest BCUT2D eigenvalue weighted by Gasteiger charge is 2.17. The summed E-state index contributed by atoms with van der Waals surface area (Å²) in [4.78, 5) is 24.2. The predicted octanol–water partition coefficient (Wildman–Crippen LogP) is 3.11. The molecule has 0 aliphatic heterocycles. The van der Waals surface area contributed by atoms with E-state index in [-0.39, 0.29) is 17.9 Å². The number of ether oxygens (including phenoxy) is 4. The molecule has 0 unspecified atom stereocenters. The maximum Gasteiger partial charge on any atom is 0.343 e. The third kappa shape index (κ3) is 5.32. The van der Waals surface area contributed by atoms with Crippen LogP contribution in [-0.4, -0.2) is 38.9 Å². The van der Waals surface area contributed by atoms with Crippen LogP contribution in [0.15, 0.2) is 48.5 Å². The summed E-state index contributed by atoms with van der Waals surface area (Å²) in [5.41, 5.74) is 0.551. The molecule has 0 aliphatic carbocycles. The fourth-order valence-electron chi connectivity index (χ4n) is 2.02. The first-order valence-corrected chi connectivity index (χ1v) is 7.85. The topological polar surface area (TPSA) is 71.1 Å². The fourth-order valence-corrected chi connectivity index (χ4v) is 2.02. The lowest BCUT2D eigenvalue weighted by Gasteiger charge is -2.10. The van der Waals surface area contributed by atoms with Crippen molar-refractivity contribution in [3.8, 4) is 11.5 Å². The maximum atomic E-state index is 12.3. The van der Waals surface area contributed by atoms with Crippen molar-refractivity contribution >= 4 is 11.9 Å². The Kier molecular flexibility index (Phi) is 6.98. The molecule has 0 saturated heterocycles. The summed E-state index contributed by atoms with van der Waals surface area (Å²) in [5.74, 6) is -0.320. The van der Waals surface area contributed by atoms with E-state index in [2.05, 4.69) is 0 Å². The fraction of sp³-hybridized carbons (Fsp3) is 0.263. The number of carbonyl (C=O) groups excluding carboxylic acids is 2. The van der Waals surface area contributed by atoms with E-state index >= 15 is 0 Å².